The molecule has 0 heterocycles. The van der Waals surface area contributed by atoms with Gasteiger partial charge in [-0.1, -0.05) is 66.8 Å². The lowest BCUT2D eigenvalue weighted by Gasteiger charge is -2.27. The molecular weight excluding hydrogens is 482 g/mol. The van der Waals surface area contributed by atoms with Crippen LogP contribution in [0, 0.1) is 10.1 Å². The van der Waals surface area contributed by atoms with Gasteiger partial charge in [0.2, 0.25) is 0 Å². The van der Waals surface area contributed by atoms with Gasteiger partial charge in [0.1, 0.15) is 0 Å². The van der Waals surface area contributed by atoms with Crippen molar-refractivity contribution in [2.24, 2.45) is 0 Å². The minimum Gasteiger partial charge on any atom is -0.348 e. The Balaban J connectivity index is 1.71. The summed E-state index contributed by atoms with van der Waals surface area (Å²) in [5.74, 6) is 0. The van der Waals surface area contributed by atoms with Gasteiger partial charge in [0.15, 0.2) is 0 Å². The lowest BCUT2D eigenvalue weighted by molar-refractivity contribution is -0.384. The normalized spacial score (nSPS) is 13.8. The topological polar surface area (TPSA) is 49.6 Å². The number of allylic oxidation sites excluding steroid dienone is 9. The van der Waals surface area contributed by atoms with E-state index in [2.05, 4.69) is 94.8 Å². The summed E-state index contributed by atoms with van der Waals surface area (Å²) in [6, 6.07) is 25.6. The maximum Gasteiger partial charge on any atom is 0.269 e. The summed E-state index contributed by atoms with van der Waals surface area (Å²) in [5.41, 5.74) is 7.55. The van der Waals surface area contributed by atoms with E-state index in [1.54, 1.807) is 12.1 Å². The Kier molecular flexibility index (Phi) is 9.09. The first-order valence-electron chi connectivity index (χ1n) is 13.0. The van der Waals surface area contributed by atoms with Gasteiger partial charge in [-0.05, 0) is 79.6 Å². The van der Waals surface area contributed by atoms with Crippen molar-refractivity contribution in [2.45, 2.75) is 20.3 Å². The number of anilines is 2. The average Bonchev–Trinajstić information content (AvgIpc) is 3.23. The van der Waals surface area contributed by atoms with Crippen LogP contribution in [-0.2, 0) is 0 Å². The second-order valence-electron chi connectivity index (χ2n) is 9.05. The van der Waals surface area contributed by atoms with Crippen molar-refractivity contribution in [1.29, 1.82) is 0 Å². The molecule has 5 nitrogen and oxygen atoms in total. The number of benzene rings is 3. The molecule has 5 heteroatoms. The van der Waals surface area contributed by atoms with E-state index in [-0.39, 0.29) is 10.6 Å². The van der Waals surface area contributed by atoms with E-state index in [1.165, 1.54) is 23.3 Å². The van der Waals surface area contributed by atoms with Crippen LogP contribution in [0.1, 0.15) is 20.3 Å². The number of non-ortho nitro benzene ring substituents is 1. The molecule has 0 saturated heterocycles. The van der Waals surface area contributed by atoms with E-state index >= 15 is 0 Å². The van der Waals surface area contributed by atoms with Gasteiger partial charge in [0.25, 0.3) is 5.69 Å². The molecule has 0 aliphatic heterocycles. The number of hydrogen-bond donors (Lipinski definition) is 0. The Morgan fingerprint density at radius 2 is 1.51 bits per heavy atom. The van der Waals surface area contributed by atoms with E-state index in [1.807, 2.05) is 45.2 Å². The zero-order valence-electron chi connectivity index (χ0n) is 22.6. The summed E-state index contributed by atoms with van der Waals surface area (Å²) in [4.78, 5) is 15.0. The Morgan fingerprint density at radius 1 is 0.846 bits per heavy atom. The third-order valence-electron chi connectivity index (χ3n) is 6.49. The van der Waals surface area contributed by atoms with Crippen LogP contribution in [0.2, 0.25) is 0 Å². The number of nitrogens with zero attached hydrogens (tertiary/aromatic N) is 3. The highest BCUT2D eigenvalue weighted by Crippen LogP contribution is 2.31. The largest absolute Gasteiger partial charge is 0.348 e. The number of rotatable bonds is 9. The molecule has 4 rings (SSSR count). The highest BCUT2D eigenvalue weighted by molar-refractivity contribution is 5.70. The molecule has 1 aliphatic rings. The summed E-state index contributed by atoms with van der Waals surface area (Å²) < 4.78 is 0. The van der Waals surface area contributed by atoms with Crippen LogP contribution >= 0.6 is 0 Å². The first kappa shape index (κ1) is 27.1. The Hall–Kier alpha value is -4.90. The first-order chi connectivity index (χ1) is 19.0. The van der Waals surface area contributed by atoms with Crippen molar-refractivity contribution in [2.75, 3.05) is 16.8 Å². The summed E-state index contributed by atoms with van der Waals surface area (Å²) in [7, 11) is 1.98. The molecule has 196 valence electrons. The fourth-order valence-corrected chi connectivity index (χ4v) is 4.42. The molecule has 0 saturated carbocycles. The maximum atomic E-state index is 11.0. The predicted octanol–water partition coefficient (Wildman–Crippen LogP) is 8.97. The summed E-state index contributed by atoms with van der Waals surface area (Å²) in [6.45, 7) is 4.03. The minimum atomic E-state index is -0.378. The van der Waals surface area contributed by atoms with Crippen molar-refractivity contribution >= 4 is 17.1 Å². The van der Waals surface area contributed by atoms with Gasteiger partial charge in [-0.2, -0.15) is 0 Å². The smallest absolute Gasteiger partial charge is 0.269 e. The van der Waals surface area contributed by atoms with Gasteiger partial charge in [0.05, 0.1) is 4.92 Å². The Labute approximate surface area is 230 Å². The van der Waals surface area contributed by atoms with Crippen LogP contribution in [0.3, 0.4) is 0 Å². The van der Waals surface area contributed by atoms with Crippen LogP contribution < -0.4 is 9.80 Å². The van der Waals surface area contributed by atoms with Crippen LogP contribution in [-0.4, -0.2) is 12.0 Å². The van der Waals surface area contributed by atoms with E-state index in [9.17, 15) is 10.1 Å². The monoisotopic (exact) mass is 515 g/mol. The zero-order valence-corrected chi connectivity index (χ0v) is 22.6. The second kappa shape index (κ2) is 13.1. The fourth-order valence-electron chi connectivity index (χ4n) is 4.42. The summed E-state index contributed by atoms with van der Waals surface area (Å²) in [5, 5.41) is 11.0. The van der Waals surface area contributed by atoms with E-state index in [4.69, 9.17) is 0 Å². The molecule has 3 aromatic carbocycles. The van der Waals surface area contributed by atoms with Crippen molar-refractivity contribution < 1.29 is 4.92 Å². The van der Waals surface area contributed by atoms with Crippen LogP contribution in [0.4, 0.5) is 17.1 Å². The molecule has 1 aliphatic carbocycles. The number of hydrogen-bond acceptors (Lipinski definition) is 4. The van der Waals surface area contributed by atoms with Gasteiger partial charge < -0.3 is 9.80 Å². The van der Waals surface area contributed by atoms with Gasteiger partial charge in [-0.25, -0.2) is 0 Å². The Morgan fingerprint density at radius 3 is 2.15 bits per heavy atom. The molecule has 0 fully saturated rings. The summed E-state index contributed by atoms with van der Waals surface area (Å²) in [6.07, 6.45) is 19.6. The van der Waals surface area contributed by atoms with Crippen molar-refractivity contribution in [3.63, 3.8) is 0 Å². The molecular formula is C34H33N3O2. The van der Waals surface area contributed by atoms with E-state index in [0.29, 0.717) is 0 Å². The quantitative estimate of drug-likeness (QED) is 0.162. The van der Waals surface area contributed by atoms with Crippen LogP contribution in [0.5, 0.6) is 0 Å². The van der Waals surface area contributed by atoms with Crippen molar-refractivity contribution in [3.05, 3.63) is 161 Å². The molecule has 0 aromatic heterocycles. The van der Waals surface area contributed by atoms with E-state index in [0.717, 1.165) is 34.9 Å². The van der Waals surface area contributed by atoms with E-state index < -0.39 is 0 Å². The zero-order chi connectivity index (χ0) is 27.6. The lowest BCUT2D eigenvalue weighted by atomic mass is 10.0. The number of nitro benzene ring substituents is 1. The molecule has 0 bridgehead atoms. The van der Waals surface area contributed by atoms with Gasteiger partial charge >= 0.3 is 0 Å². The van der Waals surface area contributed by atoms with Gasteiger partial charge in [-0.3, -0.25) is 10.1 Å². The maximum absolute atomic E-state index is 11.0. The third-order valence-corrected chi connectivity index (χ3v) is 6.49. The van der Waals surface area contributed by atoms with Crippen LogP contribution in [0.25, 0.3) is 11.1 Å². The SMILES string of the molecule is C\C=C/C=C(\C=C/C)N(C1=CC=C(N(C)c2ccc([N+](=O)[O-])cc2)CC=C1)c1ccc(-c2ccccc2)cc1. The summed E-state index contributed by atoms with van der Waals surface area (Å²) >= 11 is 0. The van der Waals surface area contributed by atoms with Crippen molar-refractivity contribution in [1.82, 2.24) is 0 Å². The number of nitro groups is 1. The minimum absolute atomic E-state index is 0.0856. The third kappa shape index (κ3) is 6.70. The highest BCUT2D eigenvalue weighted by atomic mass is 16.6. The Bertz CT molecular complexity index is 1460. The standard InChI is InChI=1S/C34H33N3O2/c1-4-6-14-31(11-5-2)36(33-19-17-28(18-20-33)27-12-8-7-9-13-27)32-16-10-15-29(21-24-32)35(3)30-22-25-34(26-23-30)37(38)39/h4-14,16-26H,15H2,1-3H3/b6-4-,11-5-,31-14+. The van der Waals surface area contributed by atoms with Crippen molar-refractivity contribution in [3.8, 4) is 11.1 Å². The molecule has 0 unspecified atom stereocenters. The first-order valence-corrected chi connectivity index (χ1v) is 13.0. The fraction of sp³-hybridized carbons (Fsp3) is 0.118. The highest BCUT2D eigenvalue weighted by Gasteiger charge is 2.16. The molecule has 0 radical (unpaired) electrons. The molecule has 3 aromatic rings. The second-order valence-corrected chi connectivity index (χ2v) is 9.05. The van der Waals surface area contributed by atoms with Crippen LogP contribution in [0.15, 0.2) is 151 Å². The lowest BCUT2D eigenvalue weighted by Crippen LogP contribution is -2.20. The van der Waals surface area contributed by atoms with Gasteiger partial charge in [0, 0.05) is 54.1 Å². The molecule has 0 spiro atoms. The molecule has 0 amide bonds. The van der Waals surface area contributed by atoms with Gasteiger partial charge in [-0.15, -0.1) is 0 Å². The molecule has 0 atom stereocenters. The molecule has 39 heavy (non-hydrogen) atoms. The molecule has 0 N–H and O–H groups in total. The average molecular weight is 516 g/mol. The predicted molar refractivity (Wildman–Crippen MR) is 163 cm³/mol.